The number of β-amino-alcohol motifs (C(OH)–C–C–N with tert-alkyl or cyclic N) is 1. The average molecular weight is 224 g/mol. The van der Waals surface area contributed by atoms with Gasteiger partial charge in [-0.1, -0.05) is 0 Å². The number of aromatic hydroxyl groups is 1. The second kappa shape index (κ2) is 4.80. The predicted octanol–water partition coefficient (Wildman–Crippen LogP) is 1.55. The number of hydrogen-bond acceptors (Lipinski definition) is 4. The van der Waals surface area contributed by atoms with E-state index in [9.17, 15) is 10.2 Å². The molecule has 0 amide bonds. The highest BCUT2D eigenvalue weighted by atomic mass is 16.3. The first kappa shape index (κ1) is 12.9. The summed E-state index contributed by atoms with van der Waals surface area (Å²) in [5.74, 6) is 0.127. The van der Waals surface area contributed by atoms with Crippen LogP contribution >= 0.6 is 0 Å². The van der Waals surface area contributed by atoms with Crippen molar-refractivity contribution in [3.05, 3.63) is 24.0 Å². The lowest BCUT2D eigenvalue weighted by atomic mass is 10.1. The van der Waals surface area contributed by atoms with Crippen molar-refractivity contribution in [3.8, 4) is 5.75 Å². The van der Waals surface area contributed by atoms with Crippen molar-refractivity contribution in [2.75, 3.05) is 13.6 Å². The molecule has 0 aliphatic carbocycles. The number of likely N-dealkylation sites (N-methyl/N-ethyl adjacent to an activating group) is 1. The Hall–Kier alpha value is -1.13. The third-order valence-corrected chi connectivity index (χ3v) is 2.70. The Morgan fingerprint density at radius 1 is 1.44 bits per heavy atom. The standard InChI is InChI=1S/C12H20N2O2/c1-12(2,3)14(4)8-11(16)10-7-9(15)5-6-13-10/h5-7,11,16H,8H2,1-4H3,(H,13,15)/t11-/m1/s1. The predicted molar refractivity (Wildman–Crippen MR) is 63.2 cm³/mol. The first-order chi connectivity index (χ1) is 7.30. The van der Waals surface area contributed by atoms with Crippen LogP contribution in [0.2, 0.25) is 0 Å². The summed E-state index contributed by atoms with van der Waals surface area (Å²) in [5, 5.41) is 19.3. The summed E-state index contributed by atoms with van der Waals surface area (Å²) in [7, 11) is 1.95. The maximum atomic E-state index is 9.96. The Morgan fingerprint density at radius 3 is 2.56 bits per heavy atom. The van der Waals surface area contributed by atoms with E-state index >= 15 is 0 Å². The molecule has 1 aromatic heterocycles. The fourth-order valence-corrected chi connectivity index (χ4v) is 1.25. The van der Waals surface area contributed by atoms with E-state index in [1.54, 1.807) is 0 Å². The van der Waals surface area contributed by atoms with Crippen molar-refractivity contribution in [2.24, 2.45) is 0 Å². The van der Waals surface area contributed by atoms with Gasteiger partial charge in [0, 0.05) is 24.3 Å². The molecule has 4 heteroatoms. The van der Waals surface area contributed by atoms with Crippen molar-refractivity contribution < 1.29 is 10.2 Å². The molecule has 0 radical (unpaired) electrons. The molecule has 0 saturated carbocycles. The van der Waals surface area contributed by atoms with E-state index in [1.165, 1.54) is 18.3 Å². The van der Waals surface area contributed by atoms with E-state index in [4.69, 9.17) is 0 Å². The van der Waals surface area contributed by atoms with Crippen LogP contribution < -0.4 is 0 Å². The third-order valence-electron chi connectivity index (χ3n) is 2.70. The quantitative estimate of drug-likeness (QED) is 0.818. The van der Waals surface area contributed by atoms with Gasteiger partial charge in [-0.2, -0.15) is 0 Å². The maximum Gasteiger partial charge on any atom is 0.119 e. The van der Waals surface area contributed by atoms with Crippen molar-refractivity contribution in [2.45, 2.75) is 32.4 Å². The Kier molecular flexibility index (Phi) is 3.88. The molecule has 0 bridgehead atoms. The molecular formula is C12H20N2O2. The zero-order chi connectivity index (χ0) is 12.3. The zero-order valence-electron chi connectivity index (χ0n) is 10.3. The van der Waals surface area contributed by atoms with Gasteiger partial charge in [0.05, 0.1) is 5.69 Å². The second-order valence-electron chi connectivity index (χ2n) is 5.01. The zero-order valence-corrected chi connectivity index (χ0v) is 10.3. The smallest absolute Gasteiger partial charge is 0.119 e. The molecule has 2 N–H and O–H groups in total. The Balaban J connectivity index is 2.69. The summed E-state index contributed by atoms with van der Waals surface area (Å²) in [6.07, 6.45) is 0.807. The van der Waals surface area contributed by atoms with Crippen LogP contribution in [0.5, 0.6) is 5.75 Å². The summed E-state index contributed by atoms with van der Waals surface area (Å²) in [6, 6.07) is 2.98. The van der Waals surface area contributed by atoms with E-state index < -0.39 is 6.10 Å². The van der Waals surface area contributed by atoms with E-state index in [1.807, 2.05) is 11.9 Å². The first-order valence-electron chi connectivity index (χ1n) is 5.35. The lowest BCUT2D eigenvalue weighted by Gasteiger charge is -2.33. The summed E-state index contributed by atoms with van der Waals surface area (Å²) >= 11 is 0. The summed E-state index contributed by atoms with van der Waals surface area (Å²) < 4.78 is 0. The van der Waals surface area contributed by atoms with Crippen LogP contribution in [0.3, 0.4) is 0 Å². The van der Waals surface area contributed by atoms with E-state index in [-0.39, 0.29) is 11.3 Å². The van der Waals surface area contributed by atoms with E-state index in [0.717, 1.165) is 0 Å². The Bertz CT molecular complexity index is 347. The van der Waals surface area contributed by atoms with Crippen molar-refractivity contribution in [1.82, 2.24) is 9.88 Å². The number of pyridine rings is 1. The molecule has 1 rings (SSSR count). The van der Waals surface area contributed by atoms with Crippen molar-refractivity contribution in [1.29, 1.82) is 0 Å². The van der Waals surface area contributed by atoms with Crippen LogP contribution in [0.25, 0.3) is 0 Å². The normalized spacial score (nSPS) is 14.1. The van der Waals surface area contributed by atoms with Crippen molar-refractivity contribution >= 4 is 0 Å². The van der Waals surface area contributed by atoms with Gasteiger partial charge in [0.1, 0.15) is 11.9 Å². The fourth-order valence-electron chi connectivity index (χ4n) is 1.25. The highest BCUT2D eigenvalue weighted by Gasteiger charge is 2.21. The van der Waals surface area contributed by atoms with Gasteiger partial charge in [-0.05, 0) is 33.9 Å². The van der Waals surface area contributed by atoms with Gasteiger partial charge in [-0.25, -0.2) is 0 Å². The van der Waals surface area contributed by atoms with Crippen LogP contribution in [0, 0.1) is 0 Å². The number of aliphatic hydroxyl groups excluding tert-OH is 1. The summed E-state index contributed by atoms with van der Waals surface area (Å²) in [6.45, 7) is 6.72. The molecule has 90 valence electrons. The number of rotatable bonds is 3. The molecule has 0 fully saturated rings. The van der Waals surface area contributed by atoms with Crippen LogP contribution in [0.15, 0.2) is 18.3 Å². The Morgan fingerprint density at radius 2 is 2.06 bits per heavy atom. The van der Waals surface area contributed by atoms with Gasteiger partial charge in [0.15, 0.2) is 0 Å². The van der Waals surface area contributed by atoms with Gasteiger partial charge >= 0.3 is 0 Å². The average Bonchev–Trinajstić information content (AvgIpc) is 2.16. The first-order valence-corrected chi connectivity index (χ1v) is 5.35. The molecule has 0 aromatic carbocycles. The summed E-state index contributed by atoms with van der Waals surface area (Å²) in [5.41, 5.74) is 0.494. The molecule has 1 aromatic rings. The van der Waals surface area contributed by atoms with Gasteiger partial charge in [-0.15, -0.1) is 0 Å². The van der Waals surface area contributed by atoms with Gasteiger partial charge in [0.25, 0.3) is 0 Å². The van der Waals surface area contributed by atoms with Gasteiger partial charge < -0.3 is 10.2 Å². The largest absolute Gasteiger partial charge is 0.508 e. The van der Waals surface area contributed by atoms with Gasteiger partial charge in [0.2, 0.25) is 0 Å². The van der Waals surface area contributed by atoms with Crippen molar-refractivity contribution in [3.63, 3.8) is 0 Å². The molecular weight excluding hydrogens is 204 g/mol. The fraction of sp³-hybridized carbons (Fsp3) is 0.583. The van der Waals surface area contributed by atoms with E-state index in [2.05, 4.69) is 25.8 Å². The molecule has 0 saturated heterocycles. The molecule has 0 spiro atoms. The molecule has 0 unspecified atom stereocenters. The van der Waals surface area contributed by atoms with Crippen LogP contribution in [0.4, 0.5) is 0 Å². The number of hydrogen-bond donors (Lipinski definition) is 2. The maximum absolute atomic E-state index is 9.96. The third kappa shape index (κ3) is 3.47. The Labute approximate surface area is 96.6 Å². The topological polar surface area (TPSA) is 56.6 Å². The molecule has 1 heterocycles. The van der Waals surface area contributed by atoms with Gasteiger partial charge in [-0.3, -0.25) is 9.88 Å². The van der Waals surface area contributed by atoms with Crippen LogP contribution in [0.1, 0.15) is 32.6 Å². The monoisotopic (exact) mass is 224 g/mol. The minimum Gasteiger partial charge on any atom is -0.508 e. The second-order valence-corrected chi connectivity index (χ2v) is 5.01. The van der Waals surface area contributed by atoms with Crippen LogP contribution in [-0.4, -0.2) is 39.2 Å². The van der Waals surface area contributed by atoms with Crippen LogP contribution in [-0.2, 0) is 0 Å². The molecule has 4 nitrogen and oxygen atoms in total. The lowest BCUT2D eigenvalue weighted by Crippen LogP contribution is -2.40. The molecule has 16 heavy (non-hydrogen) atoms. The number of aliphatic hydroxyl groups is 1. The lowest BCUT2D eigenvalue weighted by molar-refractivity contribution is 0.0763. The molecule has 0 aliphatic rings. The highest BCUT2D eigenvalue weighted by molar-refractivity contribution is 5.22. The van der Waals surface area contributed by atoms with E-state index in [0.29, 0.717) is 12.2 Å². The minimum absolute atomic E-state index is 0.00218. The number of aromatic nitrogens is 1. The summed E-state index contributed by atoms with van der Waals surface area (Å²) in [4.78, 5) is 6.08. The molecule has 0 aliphatic heterocycles. The molecule has 1 atom stereocenters. The number of nitrogens with zero attached hydrogens (tertiary/aromatic N) is 2. The SMILES string of the molecule is CN(C[C@@H](O)c1cc(O)ccn1)C(C)(C)C. The minimum atomic E-state index is -0.684. The highest BCUT2D eigenvalue weighted by Crippen LogP contribution is 2.19.